The van der Waals surface area contributed by atoms with E-state index in [0.29, 0.717) is 10.6 Å². The third kappa shape index (κ3) is 4.99. The van der Waals surface area contributed by atoms with Crippen LogP contribution in [0.5, 0.6) is 0 Å². The number of hydrogen-bond donors (Lipinski definition) is 1. The Morgan fingerprint density at radius 3 is 2.17 bits per heavy atom. The summed E-state index contributed by atoms with van der Waals surface area (Å²) in [5.74, 6) is 0. The molecule has 1 aliphatic heterocycles. The molecule has 1 saturated heterocycles. The van der Waals surface area contributed by atoms with E-state index in [2.05, 4.69) is 10.2 Å². The van der Waals surface area contributed by atoms with Crippen molar-refractivity contribution < 1.29 is 13.2 Å². The number of benzene rings is 1. The Labute approximate surface area is 146 Å². The van der Waals surface area contributed by atoms with Gasteiger partial charge in [-0.2, -0.15) is 13.2 Å². The van der Waals surface area contributed by atoms with Gasteiger partial charge in [0.25, 0.3) is 0 Å². The van der Waals surface area contributed by atoms with Crippen LogP contribution in [0.3, 0.4) is 0 Å². The number of nitrogens with zero attached hydrogens (tertiary/aromatic N) is 1. The smallest absolute Gasteiger partial charge is 0.314 e. The molecule has 0 aromatic heterocycles. The molecule has 132 valence electrons. The first kappa shape index (κ1) is 20.6. The van der Waals surface area contributed by atoms with Crippen LogP contribution in [0.4, 0.5) is 13.2 Å². The minimum Gasteiger partial charge on any atom is -0.314 e. The Hall–Kier alpha value is -0.490. The molecule has 23 heavy (non-hydrogen) atoms. The molecule has 0 radical (unpaired) electrons. The second-order valence-corrected chi connectivity index (χ2v) is 7.20. The lowest BCUT2D eigenvalue weighted by atomic mass is 9.80. The highest BCUT2D eigenvalue weighted by Crippen LogP contribution is 2.43. The zero-order valence-electron chi connectivity index (χ0n) is 13.5. The Kier molecular flexibility index (Phi) is 6.79. The fraction of sp³-hybridized carbons (Fsp3) is 0.625. The van der Waals surface area contributed by atoms with Crippen molar-refractivity contribution >= 4 is 24.0 Å². The third-order valence-corrected chi connectivity index (χ3v) is 4.30. The molecule has 0 aliphatic carbocycles. The van der Waals surface area contributed by atoms with Crippen molar-refractivity contribution in [1.29, 1.82) is 0 Å². The largest absolute Gasteiger partial charge is 0.416 e. The molecule has 0 bridgehead atoms. The average Bonchev–Trinajstić information content (AvgIpc) is 2.39. The topological polar surface area (TPSA) is 15.3 Å². The van der Waals surface area contributed by atoms with Crippen LogP contribution < -0.4 is 5.32 Å². The third-order valence-electron chi connectivity index (χ3n) is 3.95. The molecule has 2 rings (SSSR count). The van der Waals surface area contributed by atoms with Crippen LogP contribution in [-0.4, -0.2) is 31.1 Å². The summed E-state index contributed by atoms with van der Waals surface area (Å²) in [6.07, 6.45) is -4.36. The lowest BCUT2D eigenvalue weighted by Crippen LogP contribution is -2.48. The first-order valence-electron chi connectivity index (χ1n) is 7.42. The zero-order chi connectivity index (χ0) is 16.5. The standard InChI is InChI=1S/C16H22ClF3N2.ClH/c1-15(2,3)14(22-8-6-21-7-9-22)12-10-11(16(18,19)20)4-5-13(12)17;/h4-5,10,14,21H,6-9H2,1-3H3;1H/t14-;/m0./s1. The van der Waals surface area contributed by atoms with Gasteiger partial charge in [-0.15, -0.1) is 12.4 Å². The number of halogens is 5. The van der Waals surface area contributed by atoms with Crippen LogP contribution in [0.1, 0.15) is 37.9 Å². The molecule has 2 nitrogen and oxygen atoms in total. The molecular weight excluding hydrogens is 348 g/mol. The van der Waals surface area contributed by atoms with E-state index in [4.69, 9.17) is 11.6 Å². The van der Waals surface area contributed by atoms with Crippen molar-refractivity contribution in [1.82, 2.24) is 10.2 Å². The van der Waals surface area contributed by atoms with Crippen molar-refractivity contribution in [2.75, 3.05) is 26.2 Å². The molecule has 1 aliphatic rings. The average molecular weight is 371 g/mol. The molecule has 1 N–H and O–H groups in total. The number of nitrogens with one attached hydrogen (secondary N) is 1. The maximum absolute atomic E-state index is 13.0. The number of alkyl halides is 3. The summed E-state index contributed by atoms with van der Waals surface area (Å²) in [7, 11) is 0. The van der Waals surface area contributed by atoms with Gasteiger partial charge in [0, 0.05) is 37.2 Å². The Morgan fingerprint density at radius 1 is 1.13 bits per heavy atom. The number of piperazine rings is 1. The van der Waals surface area contributed by atoms with Gasteiger partial charge in [0.05, 0.1) is 5.56 Å². The van der Waals surface area contributed by atoms with Crippen LogP contribution in [0.15, 0.2) is 18.2 Å². The van der Waals surface area contributed by atoms with Crippen molar-refractivity contribution in [2.24, 2.45) is 5.41 Å². The molecule has 0 spiro atoms. The lowest BCUT2D eigenvalue weighted by Gasteiger charge is -2.43. The quantitative estimate of drug-likeness (QED) is 0.806. The molecule has 1 fully saturated rings. The maximum Gasteiger partial charge on any atom is 0.416 e. The van der Waals surface area contributed by atoms with Gasteiger partial charge in [0.2, 0.25) is 0 Å². The van der Waals surface area contributed by atoms with Gasteiger partial charge in [0.15, 0.2) is 0 Å². The molecule has 1 aromatic carbocycles. The van der Waals surface area contributed by atoms with Crippen LogP contribution in [0.25, 0.3) is 0 Å². The molecule has 1 heterocycles. The van der Waals surface area contributed by atoms with E-state index in [1.165, 1.54) is 12.1 Å². The van der Waals surface area contributed by atoms with E-state index in [1.807, 2.05) is 20.8 Å². The zero-order valence-corrected chi connectivity index (χ0v) is 15.1. The molecule has 0 amide bonds. The molecule has 1 atom stereocenters. The highest BCUT2D eigenvalue weighted by atomic mass is 35.5. The van der Waals surface area contributed by atoms with Crippen molar-refractivity contribution in [3.8, 4) is 0 Å². The predicted octanol–water partition coefficient (Wildman–Crippen LogP) is 4.77. The molecule has 1 aromatic rings. The Balaban J connectivity index is 0.00000264. The summed E-state index contributed by atoms with van der Waals surface area (Å²) < 4.78 is 39.1. The van der Waals surface area contributed by atoms with Crippen molar-refractivity contribution in [2.45, 2.75) is 33.0 Å². The van der Waals surface area contributed by atoms with Gasteiger partial charge in [0.1, 0.15) is 0 Å². The van der Waals surface area contributed by atoms with Gasteiger partial charge in [-0.1, -0.05) is 32.4 Å². The van der Waals surface area contributed by atoms with Crippen LogP contribution in [0, 0.1) is 5.41 Å². The lowest BCUT2D eigenvalue weighted by molar-refractivity contribution is -0.137. The fourth-order valence-corrected chi connectivity index (χ4v) is 3.30. The first-order valence-corrected chi connectivity index (χ1v) is 7.80. The SMILES string of the molecule is CC(C)(C)[C@H](c1cc(C(F)(F)F)ccc1Cl)N1CCNCC1.Cl. The Morgan fingerprint density at radius 2 is 1.70 bits per heavy atom. The highest BCUT2D eigenvalue weighted by Gasteiger charge is 2.37. The highest BCUT2D eigenvalue weighted by molar-refractivity contribution is 6.31. The van der Waals surface area contributed by atoms with Crippen LogP contribution in [-0.2, 0) is 6.18 Å². The summed E-state index contributed by atoms with van der Waals surface area (Å²) in [6.45, 7) is 9.39. The fourth-order valence-electron chi connectivity index (χ4n) is 3.08. The van der Waals surface area contributed by atoms with Crippen molar-refractivity contribution in [3.05, 3.63) is 34.3 Å². The summed E-state index contributed by atoms with van der Waals surface area (Å²) >= 11 is 6.26. The number of hydrogen-bond acceptors (Lipinski definition) is 2. The van der Waals surface area contributed by atoms with Crippen molar-refractivity contribution in [3.63, 3.8) is 0 Å². The van der Waals surface area contributed by atoms with E-state index in [9.17, 15) is 13.2 Å². The van der Waals surface area contributed by atoms with Gasteiger partial charge in [-0.25, -0.2) is 0 Å². The minimum atomic E-state index is -4.36. The first-order chi connectivity index (χ1) is 10.1. The molecule has 7 heteroatoms. The van der Waals surface area contributed by atoms with Crippen LogP contribution >= 0.6 is 24.0 Å². The summed E-state index contributed by atoms with van der Waals surface area (Å²) in [5, 5.41) is 3.66. The van der Waals surface area contributed by atoms with E-state index in [0.717, 1.165) is 32.2 Å². The van der Waals surface area contributed by atoms with Gasteiger partial charge >= 0.3 is 6.18 Å². The van der Waals surface area contributed by atoms with Gasteiger partial charge < -0.3 is 5.32 Å². The summed E-state index contributed by atoms with van der Waals surface area (Å²) in [4.78, 5) is 2.22. The van der Waals surface area contributed by atoms with E-state index >= 15 is 0 Å². The Bertz CT molecular complexity index is 521. The van der Waals surface area contributed by atoms with Gasteiger partial charge in [-0.05, 0) is 29.2 Å². The maximum atomic E-state index is 13.0. The minimum absolute atomic E-state index is 0. The van der Waals surface area contributed by atoms with Gasteiger partial charge in [-0.3, -0.25) is 4.90 Å². The molecule has 0 unspecified atom stereocenters. The number of rotatable bonds is 2. The monoisotopic (exact) mass is 370 g/mol. The van der Waals surface area contributed by atoms with E-state index in [1.54, 1.807) is 0 Å². The summed E-state index contributed by atoms with van der Waals surface area (Å²) in [6, 6.07) is 3.47. The predicted molar refractivity (Wildman–Crippen MR) is 90.3 cm³/mol. The normalized spacial score (nSPS) is 18.4. The van der Waals surface area contributed by atoms with Crippen LogP contribution in [0.2, 0.25) is 5.02 Å². The second kappa shape index (κ2) is 7.60. The molecule has 0 saturated carbocycles. The summed E-state index contributed by atoms with van der Waals surface area (Å²) in [5.41, 5.74) is -0.298. The second-order valence-electron chi connectivity index (χ2n) is 6.79. The van der Waals surface area contributed by atoms with E-state index in [-0.39, 0.29) is 23.9 Å². The molecular formula is C16H23Cl2F3N2. The van der Waals surface area contributed by atoms with E-state index < -0.39 is 11.7 Å².